The molecule has 0 radical (unpaired) electrons. The summed E-state index contributed by atoms with van der Waals surface area (Å²) in [5, 5.41) is 17.7. The van der Waals surface area contributed by atoms with E-state index in [9.17, 15) is 19.2 Å². The summed E-state index contributed by atoms with van der Waals surface area (Å²) in [4.78, 5) is 49.6. The number of aliphatic carboxylic acids is 2. The van der Waals surface area contributed by atoms with Gasteiger partial charge in [-0.25, -0.2) is 9.79 Å². The lowest BCUT2D eigenvalue weighted by molar-refractivity contribution is -0.151. The zero-order valence-corrected chi connectivity index (χ0v) is 16.1. The summed E-state index contributed by atoms with van der Waals surface area (Å²) in [7, 11) is 0. The summed E-state index contributed by atoms with van der Waals surface area (Å²) in [6.45, 7) is 0. The van der Waals surface area contributed by atoms with Crippen LogP contribution in [-0.4, -0.2) is 40.0 Å². The maximum absolute atomic E-state index is 12.2. The van der Waals surface area contributed by atoms with Gasteiger partial charge in [-0.1, -0.05) is 0 Å². The smallest absolute Gasteiger partial charge is 0.343 e. The van der Waals surface area contributed by atoms with Crippen molar-refractivity contribution in [3.8, 4) is 11.5 Å². The molecular formula is C20H19N3O8. The summed E-state index contributed by atoms with van der Waals surface area (Å²) in [5.41, 5.74) is 11.3. The molecule has 2 aromatic rings. The first-order chi connectivity index (χ1) is 14.6. The van der Waals surface area contributed by atoms with Crippen LogP contribution in [0.2, 0.25) is 0 Å². The molecule has 0 bridgehead atoms. The average Bonchev–Trinajstić information content (AvgIpc) is 2.68. The van der Waals surface area contributed by atoms with Gasteiger partial charge in [-0.3, -0.25) is 14.4 Å². The molecule has 0 saturated carbocycles. The number of carboxylic acid groups (broad SMARTS) is 2. The normalized spacial score (nSPS) is 11.1. The highest BCUT2D eigenvalue weighted by Gasteiger charge is 2.25. The topological polar surface area (TPSA) is 192 Å². The number of carboxylic acids is 2. The number of carbonyl (C=O) groups is 4. The average molecular weight is 429 g/mol. The SMILES string of the molecule is NC(N)=Nc1ccc(C(=O)Oc2ccc(OC(=O)C[C@@H](CC(=O)O)C(=O)O)cc2)cc1. The van der Waals surface area contributed by atoms with Crippen LogP contribution in [0.1, 0.15) is 23.2 Å². The van der Waals surface area contributed by atoms with Crippen LogP contribution < -0.4 is 20.9 Å². The van der Waals surface area contributed by atoms with Crippen molar-refractivity contribution < 1.29 is 38.9 Å². The second-order valence-corrected chi connectivity index (χ2v) is 6.26. The van der Waals surface area contributed by atoms with Crippen LogP contribution in [0.4, 0.5) is 5.69 Å². The summed E-state index contributed by atoms with van der Waals surface area (Å²) in [6, 6.07) is 11.5. The minimum Gasteiger partial charge on any atom is -0.481 e. The number of ether oxygens (including phenoxy) is 2. The van der Waals surface area contributed by atoms with E-state index < -0.39 is 42.6 Å². The van der Waals surface area contributed by atoms with E-state index in [1.165, 1.54) is 48.5 Å². The first-order valence-corrected chi connectivity index (χ1v) is 8.81. The molecule has 0 saturated heterocycles. The first kappa shape index (κ1) is 22.9. The maximum Gasteiger partial charge on any atom is 0.343 e. The number of benzene rings is 2. The van der Waals surface area contributed by atoms with E-state index in [0.29, 0.717) is 5.69 Å². The molecule has 11 heteroatoms. The zero-order valence-electron chi connectivity index (χ0n) is 16.1. The van der Waals surface area contributed by atoms with Crippen molar-refractivity contribution in [3.63, 3.8) is 0 Å². The lowest BCUT2D eigenvalue weighted by Gasteiger charge is -2.10. The van der Waals surface area contributed by atoms with Crippen molar-refractivity contribution in [1.29, 1.82) is 0 Å². The van der Waals surface area contributed by atoms with Crippen LogP contribution in [0, 0.1) is 5.92 Å². The molecule has 0 aliphatic rings. The van der Waals surface area contributed by atoms with Crippen molar-refractivity contribution in [1.82, 2.24) is 0 Å². The molecule has 0 aromatic heterocycles. The molecule has 11 nitrogen and oxygen atoms in total. The third-order valence-corrected chi connectivity index (χ3v) is 3.81. The van der Waals surface area contributed by atoms with Gasteiger partial charge in [-0.2, -0.15) is 0 Å². The number of aliphatic imine (C=N–C) groups is 1. The van der Waals surface area contributed by atoms with E-state index in [-0.39, 0.29) is 23.0 Å². The van der Waals surface area contributed by atoms with Crippen molar-refractivity contribution in [3.05, 3.63) is 54.1 Å². The number of esters is 2. The Morgan fingerprint density at radius 2 is 1.39 bits per heavy atom. The number of nitrogens with two attached hydrogens (primary N) is 2. The van der Waals surface area contributed by atoms with Crippen LogP contribution in [0.15, 0.2) is 53.5 Å². The van der Waals surface area contributed by atoms with Gasteiger partial charge in [0, 0.05) is 0 Å². The Kier molecular flexibility index (Phi) is 7.67. The van der Waals surface area contributed by atoms with Gasteiger partial charge >= 0.3 is 23.9 Å². The van der Waals surface area contributed by atoms with E-state index in [2.05, 4.69) is 4.99 Å². The predicted molar refractivity (Wildman–Crippen MR) is 107 cm³/mol. The Hall–Kier alpha value is -4.41. The van der Waals surface area contributed by atoms with Crippen LogP contribution in [0.25, 0.3) is 0 Å². The fourth-order valence-corrected chi connectivity index (χ4v) is 2.39. The molecule has 0 amide bonds. The highest BCUT2D eigenvalue weighted by Crippen LogP contribution is 2.21. The van der Waals surface area contributed by atoms with Gasteiger partial charge in [-0.15, -0.1) is 0 Å². The van der Waals surface area contributed by atoms with Gasteiger partial charge < -0.3 is 31.2 Å². The van der Waals surface area contributed by atoms with E-state index in [4.69, 9.17) is 31.2 Å². The highest BCUT2D eigenvalue weighted by atomic mass is 16.5. The van der Waals surface area contributed by atoms with Crippen LogP contribution in [-0.2, 0) is 14.4 Å². The predicted octanol–water partition coefficient (Wildman–Crippen LogP) is 1.28. The van der Waals surface area contributed by atoms with Crippen LogP contribution in [0.5, 0.6) is 11.5 Å². The van der Waals surface area contributed by atoms with E-state index in [1.807, 2.05) is 0 Å². The molecule has 1 atom stereocenters. The minimum absolute atomic E-state index is 0.0749. The van der Waals surface area contributed by atoms with Crippen molar-refractivity contribution >= 4 is 35.5 Å². The monoisotopic (exact) mass is 429 g/mol. The number of hydrogen-bond acceptors (Lipinski definition) is 7. The molecule has 162 valence electrons. The summed E-state index contributed by atoms with van der Waals surface area (Å²) in [5.74, 6) is -5.55. The molecule has 2 aromatic carbocycles. The fraction of sp³-hybridized carbons (Fsp3) is 0.150. The minimum atomic E-state index is -1.41. The molecule has 31 heavy (non-hydrogen) atoms. The molecule has 0 heterocycles. The number of nitrogens with zero attached hydrogens (tertiary/aromatic N) is 1. The van der Waals surface area contributed by atoms with Crippen LogP contribution in [0.3, 0.4) is 0 Å². The molecule has 0 aliphatic carbocycles. The number of guanidine groups is 1. The van der Waals surface area contributed by atoms with Gasteiger partial charge in [0.25, 0.3) is 0 Å². The fourth-order valence-electron chi connectivity index (χ4n) is 2.39. The molecule has 0 fully saturated rings. The highest BCUT2D eigenvalue weighted by molar-refractivity contribution is 5.91. The Labute approximate surface area is 175 Å². The van der Waals surface area contributed by atoms with Gasteiger partial charge in [0.15, 0.2) is 5.96 Å². The molecule has 0 unspecified atom stereocenters. The second-order valence-electron chi connectivity index (χ2n) is 6.26. The quantitative estimate of drug-likeness (QED) is 0.195. The lowest BCUT2D eigenvalue weighted by atomic mass is 10.0. The van der Waals surface area contributed by atoms with Crippen molar-refractivity contribution in [2.24, 2.45) is 22.4 Å². The molecular weight excluding hydrogens is 410 g/mol. The van der Waals surface area contributed by atoms with Crippen molar-refractivity contribution in [2.45, 2.75) is 12.8 Å². The summed E-state index contributed by atoms with van der Waals surface area (Å²) < 4.78 is 10.2. The van der Waals surface area contributed by atoms with E-state index in [0.717, 1.165) is 0 Å². The number of hydrogen-bond donors (Lipinski definition) is 4. The zero-order chi connectivity index (χ0) is 23.0. The van der Waals surface area contributed by atoms with Crippen LogP contribution >= 0.6 is 0 Å². The Bertz CT molecular complexity index is 996. The Morgan fingerprint density at radius 3 is 1.87 bits per heavy atom. The van der Waals surface area contributed by atoms with Gasteiger partial charge in [0.2, 0.25) is 0 Å². The third kappa shape index (κ3) is 7.49. The Morgan fingerprint density at radius 1 is 0.839 bits per heavy atom. The Balaban J connectivity index is 1.94. The van der Waals surface area contributed by atoms with Gasteiger partial charge in [0.05, 0.1) is 30.0 Å². The molecule has 6 N–H and O–H groups in total. The number of carbonyl (C=O) groups excluding carboxylic acids is 2. The maximum atomic E-state index is 12.2. The standard InChI is InChI=1S/C20H19N3O8/c21-20(22)23-13-3-1-11(2-4-13)19(29)31-15-7-5-14(6-8-15)30-17(26)10-12(18(27)28)9-16(24)25/h1-8,12H,9-10H2,(H,24,25)(H,27,28)(H4,21,22,23)/t12-/m1/s1. The molecule has 0 aliphatic heterocycles. The summed E-state index contributed by atoms with van der Waals surface area (Å²) >= 11 is 0. The van der Waals surface area contributed by atoms with E-state index in [1.54, 1.807) is 0 Å². The lowest BCUT2D eigenvalue weighted by Crippen LogP contribution is -2.23. The summed E-state index contributed by atoms with van der Waals surface area (Å²) in [6.07, 6.45) is -1.31. The second kappa shape index (κ2) is 10.4. The van der Waals surface area contributed by atoms with Gasteiger partial charge in [-0.05, 0) is 48.5 Å². The molecule has 0 spiro atoms. The number of rotatable bonds is 9. The third-order valence-electron chi connectivity index (χ3n) is 3.81. The van der Waals surface area contributed by atoms with Gasteiger partial charge in [0.1, 0.15) is 11.5 Å². The largest absolute Gasteiger partial charge is 0.481 e. The molecule has 2 rings (SSSR count). The van der Waals surface area contributed by atoms with E-state index >= 15 is 0 Å². The first-order valence-electron chi connectivity index (χ1n) is 8.81. The van der Waals surface area contributed by atoms with Crippen molar-refractivity contribution in [2.75, 3.05) is 0 Å².